The van der Waals surface area contributed by atoms with Gasteiger partial charge in [-0.15, -0.1) is 0 Å². The van der Waals surface area contributed by atoms with Crippen LogP contribution in [0.2, 0.25) is 0 Å². The van der Waals surface area contributed by atoms with Crippen molar-refractivity contribution in [1.82, 2.24) is 0 Å². The van der Waals surface area contributed by atoms with Crippen LogP contribution in [0.5, 0.6) is 0 Å². The second-order valence-electron chi connectivity index (χ2n) is 6.99. The van der Waals surface area contributed by atoms with Crippen LogP contribution in [0, 0.1) is 11.8 Å². The molecule has 0 aliphatic carbocycles. The van der Waals surface area contributed by atoms with Gasteiger partial charge in [0.2, 0.25) is 9.84 Å². The fourth-order valence-corrected chi connectivity index (χ4v) is 3.95. The standard InChI is InChI=1S/C20H26O2S/c1-15(2)13-17-5-9-19(10-6-17)23(21,22)20-11-7-18(8-12-20)14-16(3)4/h5-12,15-16H,13-14H2,1-4H3. The lowest BCUT2D eigenvalue weighted by Crippen LogP contribution is -2.03. The molecule has 23 heavy (non-hydrogen) atoms. The van der Waals surface area contributed by atoms with Gasteiger partial charge in [0.15, 0.2) is 0 Å². The van der Waals surface area contributed by atoms with Crippen molar-refractivity contribution < 1.29 is 8.42 Å². The Morgan fingerprint density at radius 1 is 0.652 bits per heavy atom. The molecular weight excluding hydrogens is 304 g/mol. The second-order valence-corrected chi connectivity index (χ2v) is 8.94. The molecule has 0 unspecified atom stereocenters. The monoisotopic (exact) mass is 330 g/mol. The molecule has 0 fully saturated rings. The van der Waals surface area contributed by atoms with Crippen LogP contribution in [-0.2, 0) is 22.7 Å². The van der Waals surface area contributed by atoms with E-state index in [9.17, 15) is 8.42 Å². The fourth-order valence-electron chi connectivity index (χ4n) is 2.69. The highest BCUT2D eigenvalue weighted by Crippen LogP contribution is 2.23. The van der Waals surface area contributed by atoms with Crippen molar-refractivity contribution in [2.45, 2.75) is 50.3 Å². The van der Waals surface area contributed by atoms with E-state index in [-0.39, 0.29) is 0 Å². The molecular formula is C20H26O2S. The molecule has 0 heterocycles. The Labute approximate surface area is 140 Å². The van der Waals surface area contributed by atoms with E-state index in [1.807, 2.05) is 24.3 Å². The number of benzene rings is 2. The van der Waals surface area contributed by atoms with Gasteiger partial charge in [-0.1, -0.05) is 52.0 Å². The Kier molecular flexibility index (Phi) is 5.64. The molecule has 0 bridgehead atoms. The zero-order valence-corrected chi connectivity index (χ0v) is 15.2. The van der Waals surface area contributed by atoms with E-state index in [1.165, 1.54) is 11.1 Å². The lowest BCUT2D eigenvalue weighted by molar-refractivity contribution is 0.595. The SMILES string of the molecule is CC(C)Cc1ccc(S(=O)(=O)c2ccc(CC(C)C)cc2)cc1. The summed E-state index contributed by atoms with van der Waals surface area (Å²) in [4.78, 5) is 0.725. The Balaban J connectivity index is 2.23. The van der Waals surface area contributed by atoms with Gasteiger partial charge in [0, 0.05) is 0 Å². The molecule has 2 aromatic carbocycles. The maximum Gasteiger partial charge on any atom is 0.206 e. The first-order valence-corrected chi connectivity index (χ1v) is 9.70. The average Bonchev–Trinajstić information content (AvgIpc) is 2.47. The first-order chi connectivity index (χ1) is 10.8. The summed E-state index contributed by atoms with van der Waals surface area (Å²) in [6, 6.07) is 14.5. The summed E-state index contributed by atoms with van der Waals surface area (Å²) < 4.78 is 25.4. The van der Waals surface area contributed by atoms with E-state index in [2.05, 4.69) is 27.7 Å². The van der Waals surface area contributed by atoms with Crippen LogP contribution in [0.15, 0.2) is 58.3 Å². The summed E-state index contributed by atoms with van der Waals surface area (Å²) >= 11 is 0. The van der Waals surface area contributed by atoms with E-state index in [0.717, 1.165) is 12.8 Å². The molecule has 0 saturated heterocycles. The van der Waals surface area contributed by atoms with Gasteiger partial charge in [-0.2, -0.15) is 0 Å². The third kappa shape index (κ3) is 4.68. The maximum absolute atomic E-state index is 12.7. The van der Waals surface area contributed by atoms with Crippen LogP contribution in [0.25, 0.3) is 0 Å². The molecule has 0 saturated carbocycles. The van der Waals surface area contributed by atoms with Crippen molar-refractivity contribution in [3.8, 4) is 0 Å². The van der Waals surface area contributed by atoms with Crippen LogP contribution in [0.4, 0.5) is 0 Å². The van der Waals surface area contributed by atoms with Gasteiger partial charge in [-0.25, -0.2) is 8.42 Å². The minimum Gasteiger partial charge on any atom is -0.219 e. The van der Waals surface area contributed by atoms with Gasteiger partial charge in [0.05, 0.1) is 9.79 Å². The molecule has 0 atom stereocenters. The predicted molar refractivity (Wildman–Crippen MR) is 95.4 cm³/mol. The predicted octanol–water partition coefficient (Wildman–Crippen LogP) is 4.92. The highest BCUT2D eigenvalue weighted by atomic mass is 32.2. The van der Waals surface area contributed by atoms with E-state index >= 15 is 0 Å². The van der Waals surface area contributed by atoms with Crippen LogP contribution < -0.4 is 0 Å². The van der Waals surface area contributed by atoms with E-state index in [1.54, 1.807) is 24.3 Å². The molecule has 124 valence electrons. The van der Waals surface area contributed by atoms with Gasteiger partial charge in [-0.3, -0.25) is 0 Å². The van der Waals surface area contributed by atoms with Gasteiger partial charge in [0.25, 0.3) is 0 Å². The normalized spacial score (nSPS) is 12.1. The number of sulfone groups is 1. The highest BCUT2D eigenvalue weighted by Gasteiger charge is 2.17. The molecule has 2 rings (SSSR count). The molecule has 0 spiro atoms. The van der Waals surface area contributed by atoms with Gasteiger partial charge in [-0.05, 0) is 60.1 Å². The molecule has 0 aliphatic rings. The number of hydrogen-bond donors (Lipinski definition) is 0. The molecule has 2 aromatic rings. The molecule has 2 nitrogen and oxygen atoms in total. The van der Waals surface area contributed by atoms with Crippen molar-refractivity contribution >= 4 is 9.84 Å². The van der Waals surface area contributed by atoms with Gasteiger partial charge in [0.1, 0.15) is 0 Å². The second kappa shape index (κ2) is 7.31. The summed E-state index contributed by atoms with van der Waals surface area (Å²) in [5, 5.41) is 0. The average molecular weight is 330 g/mol. The van der Waals surface area contributed by atoms with Crippen LogP contribution >= 0.6 is 0 Å². The molecule has 0 N–H and O–H groups in total. The zero-order valence-electron chi connectivity index (χ0n) is 14.4. The first-order valence-electron chi connectivity index (χ1n) is 8.22. The van der Waals surface area contributed by atoms with Crippen molar-refractivity contribution in [3.05, 3.63) is 59.7 Å². The molecule has 3 heteroatoms. The quantitative estimate of drug-likeness (QED) is 0.753. The lowest BCUT2D eigenvalue weighted by Gasteiger charge is -2.09. The topological polar surface area (TPSA) is 34.1 Å². The smallest absolute Gasteiger partial charge is 0.206 e. The van der Waals surface area contributed by atoms with Gasteiger partial charge < -0.3 is 0 Å². The van der Waals surface area contributed by atoms with Crippen molar-refractivity contribution in [2.24, 2.45) is 11.8 Å². The third-order valence-corrected chi connectivity index (χ3v) is 5.54. The van der Waals surface area contributed by atoms with Crippen LogP contribution in [0.1, 0.15) is 38.8 Å². The summed E-state index contributed by atoms with van der Waals surface area (Å²) in [5.41, 5.74) is 2.34. The Bertz CT molecular complexity index is 665. The van der Waals surface area contributed by atoms with Gasteiger partial charge >= 0.3 is 0 Å². The Hall–Kier alpha value is -1.61. The largest absolute Gasteiger partial charge is 0.219 e. The lowest BCUT2D eigenvalue weighted by atomic mass is 10.0. The minimum atomic E-state index is -3.43. The summed E-state index contributed by atoms with van der Waals surface area (Å²) in [5.74, 6) is 1.12. The van der Waals surface area contributed by atoms with E-state index in [0.29, 0.717) is 21.6 Å². The number of hydrogen-bond acceptors (Lipinski definition) is 2. The number of rotatable bonds is 6. The summed E-state index contributed by atoms with van der Waals surface area (Å²) in [6.07, 6.45) is 1.93. The molecule has 0 amide bonds. The maximum atomic E-state index is 12.7. The van der Waals surface area contributed by atoms with Crippen LogP contribution in [-0.4, -0.2) is 8.42 Å². The van der Waals surface area contributed by atoms with E-state index < -0.39 is 9.84 Å². The van der Waals surface area contributed by atoms with E-state index in [4.69, 9.17) is 0 Å². The molecule has 0 aliphatic heterocycles. The van der Waals surface area contributed by atoms with Crippen molar-refractivity contribution in [3.63, 3.8) is 0 Å². The zero-order chi connectivity index (χ0) is 17.0. The molecule has 0 radical (unpaired) electrons. The Morgan fingerprint density at radius 3 is 1.22 bits per heavy atom. The summed E-state index contributed by atoms with van der Waals surface area (Å²) in [6.45, 7) is 8.62. The Morgan fingerprint density at radius 2 is 0.957 bits per heavy atom. The molecule has 0 aromatic heterocycles. The van der Waals surface area contributed by atoms with Crippen LogP contribution in [0.3, 0.4) is 0 Å². The minimum absolute atomic E-state index is 0.363. The third-order valence-electron chi connectivity index (χ3n) is 3.76. The van der Waals surface area contributed by atoms with Crippen molar-refractivity contribution in [2.75, 3.05) is 0 Å². The fraction of sp³-hybridized carbons (Fsp3) is 0.400. The van der Waals surface area contributed by atoms with Crippen molar-refractivity contribution in [1.29, 1.82) is 0 Å². The first kappa shape index (κ1) is 17.7. The highest BCUT2D eigenvalue weighted by molar-refractivity contribution is 7.91. The summed E-state index contributed by atoms with van der Waals surface area (Å²) in [7, 11) is -3.43.